The van der Waals surface area contributed by atoms with Gasteiger partial charge in [0.25, 0.3) is 0 Å². The summed E-state index contributed by atoms with van der Waals surface area (Å²) in [4.78, 5) is 0. The summed E-state index contributed by atoms with van der Waals surface area (Å²) in [6.07, 6.45) is 1.09. The first-order valence-corrected chi connectivity index (χ1v) is 9.97. The van der Waals surface area contributed by atoms with Gasteiger partial charge in [0, 0.05) is 12.3 Å². The fraction of sp³-hybridized carbons (Fsp3) is 0.333. The quantitative estimate of drug-likeness (QED) is 0.488. The van der Waals surface area contributed by atoms with Gasteiger partial charge in [-0.15, -0.1) is 10.2 Å². The van der Waals surface area contributed by atoms with Crippen molar-refractivity contribution in [1.82, 2.24) is 14.8 Å². The van der Waals surface area contributed by atoms with E-state index < -0.39 is 0 Å². The van der Waals surface area contributed by atoms with Gasteiger partial charge in [-0.1, -0.05) is 74.1 Å². The molecule has 5 heteroatoms. The van der Waals surface area contributed by atoms with E-state index in [9.17, 15) is 0 Å². The number of thioether (sulfide) groups is 1. The van der Waals surface area contributed by atoms with Crippen LogP contribution < -0.4 is 4.74 Å². The molecule has 0 N–H and O–H groups in total. The highest BCUT2D eigenvalue weighted by Gasteiger charge is 2.14. The van der Waals surface area contributed by atoms with E-state index in [-0.39, 0.29) is 0 Å². The van der Waals surface area contributed by atoms with E-state index in [0.29, 0.717) is 12.5 Å². The smallest absolute Gasteiger partial charge is 0.191 e. The average Bonchev–Trinajstić information content (AvgIpc) is 3.06. The molecule has 2 aromatic carbocycles. The van der Waals surface area contributed by atoms with Crippen LogP contribution in [0.2, 0.25) is 0 Å². The number of rotatable bonds is 9. The van der Waals surface area contributed by atoms with Crippen LogP contribution in [-0.4, -0.2) is 14.8 Å². The number of aromatic nitrogens is 3. The van der Waals surface area contributed by atoms with Gasteiger partial charge < -0.3 is 9.30 Å². The van der Waals surface area contributed by atoms with Crippen LogP contribution in [0.4, 0.5) is 0 Å². The van der Waals surface area contributed by atoms with Gasteiger partial charge in [-0.05, 0) is 30.0 Å². The second-order valence-electron chi connectivity index (χ2n) is 6.61. The lowest BCUT2D eigenvalue weighted by Gasteiger charge is -2.12. The molecule has 0 atom stereocenters. The molecule has 0 aliphatic carbocycles. The van der Waals surface area contributed by atoms with Gasteiger partial charge in [0.05, 0.1) is 0 Å². The maximum absolute atomic E-state index is 5.88. The van der Waals surface area contributed by atoms with E-state index in [4.69, 9.17) is 4.74 Å². The van der Waals surface area contributed by atoms with E-state index in [0.717, 1.165) is 35.4 Å². The number of hydrogen-bond acceptors (Lipinski definition) is 4. The minimum Gasteiger partial charge on any atom is -0.486 e. The van der Waals surface area contributed by atoms with Gasteiger partial charge in [-0.25, -0.2) is 0 Å². The average molecular weight is 368 g/mol. The zero-order chi connectivity index (χ0) is 18.2. The first-order valence-electron chi connectivity index (χ1n) is 8.99. The van der Waals surface area contributed by atoms with Crippen molar-refractivity contribution in [3.8, 4) is 5.75 Å². The van der Waals surface area contributed by atoms with Gasteiger partial charge in [0.2, 0.25) is 0 Å². The Hall–Kier alpha value is -2.27. The van der Waals surface area contributed by atoms with E-state index in [1.807, 2.05) is 36.4 Å². The summed E-state index contributed by atoms with van der Waals surface area (Å²) < 4.78 is 8.09. The molecule has 0 saturated heterocycles. The molecule has 136 valence electrons. The van der Waals surface area contributed by atoms with E-state index in [2.05, 4.69) is 52.9 Å². The van der Waals surface area contributed by atoms with E-state index >= 15 is 0 Å². The number of hydrogen-bond donors (Lipinski definition) is 0. The lowest BCUT2D eigenvalue weighted by molar-refractivity contribution is 0.285. The molecule has 26 heavy (non-hydrogen) atoms. The fourth-order valence-corrected chi connectivity index (χ4v) is 3.47. The zero-order valence-corrected chi connectivity index (χ0v) is 16.2. The maximum Gasteiger partial charge on any atom is 0.191 e. The minimum absolute atomic E-state index is 0.432. The van der Waals surface area contributed by atoms with Crippen LogP contribution >= 0.6 is 11.8 Å². The number of nitrogens with zero attached hydrogens (tertiary/aromatic N) is 3. The Morgan fingerprint density at radius 1 is 0.962 bits per heavy atom. The molecule has 3 rings (SSSR count). The standard InChI is InChI=1S/C21H25N3OS/c1-17(2)13-14-24-20(15-25-19-11-7-4-8-12-19)22-23-21(24)26-16-18-9-5-3-6-10-18/h3-12,17H,13-16H2,1-2H3. The van der Waals surface area contributed by atoms with Crippen molar-refractivity contribution in [3.05, 3.63) is 72.1 Å². The molecule has 0 aliphatic rings. The van der Waals surface area contributed by atoms with Crippen LogP contribution in [-0.2, 0) is 18.9 Å². The molecule has 3 aromatic rings. The second-order valence-corrected chi connectivity index (χ2v) is 7.55. The highest BCUT2D eigenvalue weighted by molar-refractivity contribution is 7.98. The third-order valence-electron chi connectivity index (χ3n) is 4.05. The van der Waals surface area contributed by atoms with Gasteiger partial charge in [-0.3, -0.25) is 0 Å². The number of para-hydroxylation sites is 1. The largest absolute Gasteiger partial charge is 0.486 e. The Balaban J connectivity index is 1.70. The topological polar surface area (TPSA) is 39.9 Å². The van der Waals surface area contributed by atoms with Crippen molar-refractivity contribution in [2.45, 2.75) is 44.3 Å². The summed E-state index contributed by atoms with van der Waals surface area (Å²) in [7, 11) is 0. The third kappa shape index (κ3) is 5.36. The summed E-state index contributed by atoms with van der Waals surface area (Å²) in [5.41, 5.74) is 1.29. The Morgan fingerprint density at radius 3 is 2.35 bits per heavy atom. The normalized spacial score (nSPS) is 11.0. The van der Waals surface area contributed by atoms with Crippen LogP contribution in [0.1, 0.15) is 31.7 Å². The molecular weight excluding hydrogens is 342 g/mol. The van der Waals surface area contributed by atoms with Crippen molar-refractivity contribution in [1.29, 1.82) is 0 Å². The van der Waals surface area contributed by atoms with Gasteiger partial charge in [-0.2, -0.15) is 0 Å². The van der Waals surface area contributed by atoms with Gasteiger partial charge in [0.1, 0.15) is 12.4 Å². The van der Waals surface area contributed by atoms with Crippen LogP contribution in [0.3, 0.4) is 0 Å². The van der Waals surface area contributed by atoms with Crippen molar-refractivity contribution < 1.29 is 4.74 Å². The van der Waals surface area contributed by atoms with Crippen molar-refractivity contribution in [3.63, 3.8) is 0 Å². The second kappa shape index (κ2) is 9.43. The van der Waals surface area contributed by atoms with Gasteiger partial charge in [0.15, 0.2) is 11.0 Å². The molecule has 0 amide bonds. The molecule has 0 radical (unpaired) electrons. The monoisotopic (exact) mass is 367 g/mol. The van der Waals surface area contributed by atoms with Gasteiger partial charge >= 0.3 is 0 Å². The summed E-state index contributed by atoms with van der Waals surface area (Å²) >= 11 is 1.73. The summed E-state index contributed by atoms with van der Waals surface area (Å²) in [5.74, 6) is 3.25. The molecule has 0 unspecified atom stereocenters. The lowest BCUT2D eigenvalue weighted by Crippen LogP contribution is -2.10. The minimum atomic E-state index is 0.432. The van der Waals surface area contributed by atoms with Crippen molar-refractivity contribution >= 4 is 11.8 Å². The third-order valence-corrected chi connectivity index (χ3v) is 5.08. The molecule has 0 bridgehead atoms. The maximum atomic E-state index is 5.88. The first-order chi connectivity index (χ1) is 12.7. The highest BCUT2D eigenvalue weighted by atomic mass is 32.2. The molecule has 0 saturated carbocycles. The first kappa shape index (κ1) is 18.5. The molecule has 0 aliphatic heterocycles. The predicted molar refractivity (Wildman–Crippen MR) is 106 cm³/mol. The summed E-state index contributed by atoms with van der Waals surface area (Å²) in [6, 6.07) is 20.3. The summed E-state index contributed by atoms with van der Waals surface area (Å²) in [5, 5.41) is 9.77. The zero-order valence-electron chi connectivity index (χ0n) is 15.3. The SMILES string of the molecule is CC(C)CCn1c(COc2ccccc2)nnc1SCc1ccccc1. The van der Waals surface area contributed by atoms with E-state index in [1.165, 1.54) is 5.56 Å². The predicted octanol–water partition coefficient (Wildman–Crippen LogP) is 5.20. The molecular formula is C21H25N3OS. The van der Waals surface area contributed by atoms with E-state index in [1.54, 1.807) is 11.8 Å². The highest BCUT2D eigenvalue weighted by Crippen LogP contribution is 2.23. The van der Waals surface area contributed by atoms with Crippen LogP contribution in [0, 0.1) is 5.92 Å². The Kier molecular flexibility index (Phi) is 6.72. The Morgan fingerprint density at radius 2 is 1.65 bits per heavy atom. The molecule has 4 nitrogen and oxygen atoms in total. The number of ether oxygens (including phenoxy) is 1. The number of benzene rings is 2. The van der Waals surface area contributed by atoms with Crippen molar-refractivity contribution in [2.24, 2.45) is 5.92 Å². The summed E-state index contributed by atoms with van der Waals surface area (Å²) in [6.45, 7) is 5.82. The molecule has 0 fully saturated rings. The fourth-order valence-electron chi connectivity index (χ4n) is 2.53. The lowest BCUT2D eigenvalue weighted by atomic mass is 10.1. The van der Waals surface area contributed by atoms with Crippen LogP contribution in [0.25, 0.3) is 0 Å². The molecule has 0 spiro atoms. The van der Waals surface area contributed by atoms with Crippen molar-refractivity contribution in [2.75, 3.05) is 0 Å². The van der Waals surface area contributed by atoms with Crippen LogP contribution in [0.5, 0.6) is 5.75 Å². The molecule has 1 heterocycles. The molecule has 1 aromatic heterocycles. The Bertz CT molecular complexity index is 727. The van der Waals surface area contributed by atoms with Crippen LogP contribution in [0.15, 0.2) is 65.8 Å². The Labute approximate surface area is 159 Å².